The Morgan fingerprint density at radius 2 is 1.93 bits per heavy atom. The lowest BCUT2D eigenvalue weighted by molar-refractivity contribution is -0.905. The Labute approximate surface area is 166 Å². The Balaban J connectivity index is 1.39. The van der Waals surface area contributed by atoms with Crippen molar-refractivity contribution in [3.63, 3.8) is 0 Å². The van der Waals surface area contributed by atoms with Crippen LogP contribution in [0.4, 0.5) is 11.4 Å². The van der Waals surface area contributed by atoms with Crippen molar-refractivity contribution in [2.45, 2.75) is 39.0 Å². The summed E-state index contributed by atoms with van der Waals surface area (Å²) >= 11 is 0. The molecule has 1 aromatic rings. The molecule has 0 spiro atoms. The summed E-state index contributed by atoms with van der Waals surface area (Å²) in [5.41, 5.74) is 1.63. The van der Waals surface area contributed by atoms with Gasteiger partial charge < -0.3 is 19.9 Å². The normalized spacial score (nSPS) is 22.2. The molecule has 2 fully saturated rings. The number of anilines is 2. The standard InChI is InChI=1S/C21H29N3O4/c1-2-28-21(27)16-9-13-23(14-10-16)15-11-19(25)22-17-5-7-18(8-6-17)24-12-3-4-20(24)26/h5-8,16H,2-4,9-15H2,1H3,(H,22,25)/p+1. The molecule has 0 aromatic heterocycles. The van der Waals surface area contributed by atoms with Crippen LogP contribution in [-0.2, 0) is 19.1 Å². The number of hydrogen-bond donors (Lipinski definition) is 2. The number of benzene rings is 1. The molecule has 28 heavy (non-hydrogen) atoms. The second kappa shape index (κ2) is 9.68. The molecule has 2 heterocycles. The average molecular weight is 388 g/mol. The Hall–Kier alpha value is -2.41. The number of piperidine rings is 1. The van der Waals surface area contributed by atoms with Crippen LogP contribution in [0.3, 0.4) is 0 Å². The summed E-state index contributed by atoms with van der Waals surface area (Å²) in [6.07, 6.45) is 3.61. The molecule has 1 aromatic carbocycles. The van der Waals surface area contributed by atoms with Crippen molar-refractivity contribution in [3.8, 4) is 0 Å². The van der Waals surface area contributed by atoms with E-state index in [1.54, 1.807) is 4.90 Å². The highest BCUT2D eigenvalue weighted by molar-refractivity contribution is 5.96. The number of rotatable bonds is 7. The number of likely N-dealkylation sites (tertiary alicyclic amines) is 1. The Bertz CT molecular complexity index is 696. The second-order valence-electron chi connectivity index (χ2n) is 7.52. The first kappa shape index (κ1) is 20.3. The Morgan fingerprint density at radius 3 is 2.54 bits per heavy atom. The van der Waals surface area contributed by atoms with Crippen LogP contribution < -0.4 is 15.1 Å². The summed E-state index contributed by atoms with van der Waals surface area (Å²) in [7, 11) is 0. The smallest absolute Gasteiger partial charge is 0.309 e. The van der Waals surface area contributed by atoms with Gasteiger partial charge in [-0.05, 0) is 37.6 Å². The fraction of sp³-hybridized carbons (Fsp3) is 0.571. The highest BCUT2D eigenvalue weighted by Crippen LogP contribution is 2.23. The van der Waals surface area contributed by atoms with Gasteiger partial charge in [-0.1, -0.05) is 0 Å². The van der Waals surface area contributed by atoms with E-state index in [4.69, 9.17) is 4.74 Å². The summed E-state index contributed by atoms with van der Waals surface area (Å²) in [5, 5.41) is 2.92. The summed E-state index contributed by atoms with van der Waals surface area (Å²) in [5.74, 6) is 0.0772. The monoisotopic (exact) mass is 388 g/mol. The molecule has 2 aliphatic rings. The lowest BCUT2D eigenvalue weighted by atomic mass is 9.97. The third-order valence-electron chi connectivity index (χ3n) is 5.55. The minimum Gasteiger partial charge on any atom is -0.466 e. The topological polar surface area (TPSA) is 80.2 Å². The SMILES string of the molecule is CCOC(=O)C1CC[NH+](CCC(=O)Nc2ccc(N3CCCC3=O)cc2)CC1. The summed E-state index contributed by atoms with van der Waals surface area (Å²) in [6, 6.07) is 7.45. The van der Waals surface area contributed by atoms with Crippen LogP contribution >= 0.6 is 0 Å². The maximum atomic E-state index is 12.2. The van der Waals surface area contributed by atoms with Gasteiger partial charge >= 0.3 is 5.97 Å². The fourth-order valence-electron chi connectivity index (χ4n) is 3.93. The van der Waals surface area contributed by atoms with E-state index in [0.717, 1.165) is 56.8 Å². The number of esters is 1. The highest BCUT2D eigenvalue weighted by Gasteiger charge is 2.28. The number of amides is 2. The zero-order valence-corrected chi connectivity index (χ0v) is 16.5. The lowest BCUT2D eigenvalue weighted by Gasteiger charge is -2.27. The van der Waals surface area contributed by atoms with Crippen LogP contribution in [0.1, 0.15) is 39.0 Å². The minimum atomic E-state index is -0.0848. The Morgan fingerprint density at radius 1 is 1.21 bits per heavy atom. The van der Waals surface area contributed by atoms with Gasteiger partial charge in [-0.2, -0.15) is 0 Å². The van der Waals surface area contributed by atoms with Crippen LogP contribution in [0, 0.1) is 5.92 Å². The lowest BCUT2D eigenvalue weighted by Crippen LogP contribution is -3.13. The fourth-order valence-corrected chi connectivity index (χ4v) is 3.93. The maximum Gasteiger partial charge on any atom is 0.309 e. The zero-order valence-electron chi connectivity index (χ0n) is 16.5. The van der Waals surface area contributed by atoms with Crippen molar-refractivity contribution in [2.75, 3.05) is 43.0 Å². The first-order valence-electron chi connectivity index (χ1n) is 10.3. The van der Waals surface area contributed by atoms with Crippen molar-refractivity contribution in [1.29, 1.82) is 0 Å². The van der Waals surface area contributed by atoms with Gasteiger partial charge in [-0.25, -0.2) is 0 Å². The summed E-state index contributed by atoms with van der Waals surface area (Å²) in [6.45, 7) is 5.59. The predicted molar refractivity (Wildman–Crippen MR) is 106 cm³/mol. The van der Waals surface area contributed by atoms with E-state index in [9.17, 15) is 14.4 Å². The number of nitrogens with zero attached hydrogens (tertiary/aromatic N) is 1. The molecular weight excluding hydrogens is 358 g/mol. The van der Waals surface area contributed by atoms with Crippen molar-refractivity contribution in [2.24, 2.45) is 5.92 Å². The van der Waals surface area contributed by atoms with Crippen molar-refractivity contribution < 1.29 is 24.0 Å². The van der Waals surface area contributed by atoms with Gasteiger partial charge in [0.25, 0.3) is 0 Å². The van der Waals surface area contributed by atoms with Crippen LogP contribution in [0.15, 0.2) is 24.3 Å². The molecule has 2 aliphatic heterocycles. The molecule has 152 valence electrons. The third-order valence-corrected chi connectivity index (χ3v) is 5.55. The molecule has 0 bridgehead atoms. The van der Waals surface area contributed by atoms with E-state index < -0.39 is 0 Å². The molecule has 2 amide bonds. The van der Waals surface area contributed by atoms with Gasteiger partial charge in [0.2, 0.25) is 11.8 Å². The highest BCUT2D eigenvalue weighted by atomic mass is 16.5. The first-order valence-corrected chi connectivity index (χ1v) is 10.3. The van der Waals surface area contributed by atoms with E-state index in [-0.39, 0.29) is 23.7 Å². The molecule has 0 saturated carbocycles. The van der Waals surface area contributed by atoms with E-state index in [1.165, 1.54) is 4.90 Å². The van der Waals surface area contributed by atoms with E-state index >= 15 is 0 Å². The van der Waals surface area contributed by atoms with E-state index in [0.29, 0.717) is 19.4 Å². The molecule has 0 aliphatic carbocycles. The largest absolute Gasteiger partial charge is 0.466 e. The van der Waals surface area contributed by atoms with Crippen LogP contribution in [0.5, 0.6) is 0 Å². The van der Waals surface area contributed by atoms with Gasteiger partial charge in [0, 0.05) is 37.2 Å². The molecule has 0 unspecified atom stereocenters. The van der Waals surface area contributed by atoms with Crippen LogP contribution in [0.2, 0.25) is 0 Å². The molecular formula is C21H30N3O4+. The summed E-state index contributed by atoms with van der Waals surface area (Å²) in [4.78, 5) is 39.0. The maximum absolute atomic E-state index is 12.2. The van der Waals surface area contributed by atoms with Gasteiger partial charge in [-0.3, -0.25) is 14.4 Å². The van der Waals surface area contributed by atoms with Gasteiger partial charge in [0.15, 0.2) is 0 Å². The van der Waals surface area contributed by atoms with Gasteiger partial charge in [0.05, 0.1) is 38.6 Å². The van der Waals surface area contributed by atoms with Crippen molar-refractivity contribution >= 4 is 29.2 Å². The zero-order chi connectivity index (χ0) is 19.9. The average Bonchev–Trinajstić information content (AvgIpc) is 3.13. The number of nitrogens with one attached hydrogen (secondary N) is 2. The number of hydrogen-bond acceptors (Lipinski definition) is 4. The molecule has 2 saturated heterocycles. The molecule has 3 rings (SSSR count). The second-order valence-corrected chi connectivity index (χ2v) is 7.52. The quantitative estimate of drug-likeness (QED) is 0.683. The molecule has 0 atom stereocenters. The number of carbonyl (C=O) groups excluding carboxylic acids is 3. The molecule has 0 radical (unpaired) electrons. The number of quaternary nitrogens is 1. The van der Waals surface area contributed by atoms with E-state index in [1.807, 2.05) is 31.2 Å². The Kier molecular flexibility index (Phi) is 7.03. The number of ether oxygens (including phenoxy) is 1. The summed E-state index contributed by atoms with van der Waals surface area (Å²) < 4.78 is 5.09. The minimum absolute atomic E-state index is 0.00925. The van der Waals surface area contributed by atoms with E-state index in [2.05, 4.69) is 5.32 Å². The molecule has 7 nitrogen and oxygen atoms in total. The number of carbonyl (C=O) groups is 3. The third kappa shape index (κ3) is 5.32. The van der Waals surface area contributed by atoms with Crippen molar-refractivity contribution in [1.82, 2.24) is 0 Å². The molecule has 2 N–H and O–H groups in total. The van der Waals surface area contributed by atoms with Crippen LogP contribution in [-0.4, -0.2) is 50.6 Å². The van der Waals surface area contributed by atoms with Crippen molar-refractivity contribution in [3.05, 3.63) is 24.3 Å². The predicted octanol–water partition coefficient (Wildman–Crippen LogP) is 1.00. The molecule has 7 heteroatoms. The first-order chi connectivity index (χ1) is 13.6. The van der Waals surface area contributed by atoms with Gasteiger partial charge in [-0.15, -0.1) is 0 Å². The van der Waals surface area contributed by atoms with Crippen LogP contribution in [0.25, 0.3) is 0 Å². The van der Waals surface area contributed by atoms with Gasteiger partial charge in [0.1, 0.15) is 0 Å².